The molecule has 0 amide bonds. The number of unbranched alkanes of at least 4 members (excludes halogenated alkanes) is 6. The second-order valence-corrected chi connectivity index (χ2v) is 13.9. The minimum Gasteiger partial charge on any atom is -0.494 e. The normalized spacial score (nSPS) is 15.0. The number of aromatic nitrogens is 1. The fraction of sp³-hybridized carbons (Fsp3) is 0.513. The predicted octanol–water partition coefficient (Wildman–Crippen LogP) is 7.75. The fourth-order valence-corrected chi connectivity index (χ4v) is 7.75. The van der Waals surface area contributed by atoms with E-state index >= 15 is 0 Å². The molecular weight excluding hydrogens is 639 g/mol. The lowest BCUT2D eigenvalue weighted by molar-refractivity contribution is -0.156. The molecule has 0 spiro atoms. The third kappa shape index (κ3) is 9.42. The van der Waals surface area contributed by atoms with E-state index in [1.807, 2.05) is 12.1 Å². The molecule has 4 aromatic rings. The molecule has 0 aliphatic carbocycles. The summed E-state index contributed by atoms with van der Waals surface area (Å²) in [4.78, 5) is 44.3. The molecule has 1 saturated heterocycles. The van der Waals surface area contributed by atoms with Crippen LogP contribution in [0.15, 0.2) is 64.8 Å². The number of carbonyl (C=O) groups excluding carboxylic acids is 1. The third-order valence-corrected chi connectivity index (χ3v) is 10.5. The number of carbonyl (C=O) groups is 2. The molecule has 9 nitrogen and oxygen atoms in total. The van der Waals surface area contributed by atoms with Gasteiger partial charge in [0.2, 0.25) is 0 Å². The van der Waals surface area contributed by atoms with Gasteiger partial charge in [0.1, 0.15) is 11.8 Å². The van der Waals surface area contributed by atoms with Crippen LogP contribution in [-0.4, -0.2) is 72.4 Å². The van der Waals surface area contributed by atoms with Crippen LogP contribution in [0.2, 0.25) is 0 Å². The lowest BCUT2D eigenvalue weighted by atomic mass is 9.92. The SMILES string of the molecule is CCCCCCCCC(C(=O)O)C(C(=O)OCC)n1c(=O)ccc2ccc(OCCCCN3CCN(c4cccc5sccc45)CC3)cc21. The zero-order valence-corrected chi connectivity index (χ0v) is 29.8. The molecular formula is C39H51N3O6S. The Morgan fingerprint density at radius 2 is 1.67 bits per heavy atom. The van der Waals surface area contributed by atoms with Crippen molar-refractivity contribution in [1.29, 1.82) is 0 Å². The lowest BCUT2D eigenvalue weighted by Crippen LogP contribution is -2.46. The maximum absolute atomic E-state index is 13.4. The molecule has 1 aliphatic rings. The minimum absolute atomic E-state index is 0.0912. The molecule has 5 rings (SSSR count). The Hall–Kier alpha value is -3.89. The smallest absolute Gasteiger partial charge is 0.330 e. The first-order valence-corrected chi connectivity index (χ1v) is 18.9. The van der Waals surface area contributed by atoms with Gasteiger partial charge in [0.05, 0.1) is 24.6 Å². The number of hydrogen-bond acceptors (Lipinski definition) is 8. The van der Waals surface area contributed by atoms with Gasteiger partial charge in [-0.1, -0.05) is 51.5 Å². The third-order valence-electron chi connectivity index (χ3n) is 9.60. The Morgan fingerprint density at radius 3 is 2.45 bits per heavy atom. The van der Waals surface area contributed by atoms with E-state index in [0.29, 0.717) is 24.3 Å². The average Bonchev–Trinajstić information content (AvgIpc) is 3.59. The summed E-state index contributed by atoms with van der Waals surface area (Å²) < 4.78 is 14.2. The summed E-state index contributed by atoms with van der Waals surface area (Å²) in [6.07, 6.45) is 8.09. The monoisotopic (exact) mass is 689 g/mol. The number of carboxylic acids is 1. The van der Waals surface area contributed by atoms with Crippen molar-refractivity contribution >= 4 is 50.0 Å². The Labute approximate surface area is 293 Å². The summed E-state index contributed by atoms with van der Waals surface area (Å²) in [7, 11) is 0. The molecule has 2 unspecified atom stereocenters. The lowest BCUT2D eigenvalue weighted by Gasteiger charge is -2.36. The van der Waals surface area contributed by atoms with Crippen molar-refractivity contribution in [3.8, 4) is 5.75 Å². The van der Waals surface area contributed by atoms with Gasteiger partial charge in [-0.3, -0.25) is 19.1 Å². The van der Waals surface area contributed by atoms with Crippen LogP contribution in [0, 0.1) is 5.92 Å². The number of fused-ring (bicyclic) bond motifs is 2. The molecule has 3 heterocycles. The van der Waals surface area contributed by atoms with Crippen molar-refractivity contribution in [2.75, 3.05) is 50.8 Å². The summed E-state index contributed by atoms with van der Waals surface area (Å²) in [5.74, 6) is -2.33. The van der Waals surface area contributed by atoms with Crippen LogP contribution < -0.4 is 15.2 Å². The molecule has 2 atom stereocenters. The van der Waals surface area contributed by atoms with Crippen LogP contribution in [0.1, 0.15) is 77.7 Å². The number of hydrogen-bond donors (Lipinski definition) is 1. The van der Waals surface area contributed by atoms with Crippen LogP contribution in [0.3, 0.4) is 0 Å². The highest BCUT2D eigenvalue weighted by Gasteiger charge is 2.37. The van der Waals surface area contributed by atoms with Gasteiger partial charge in [-0.05, 0) is 79.9 Å². The van der Waals surface area contributed by atoms with E-state index in [1.165, 1.54) is 26.4 Å². The number of carboxylic acid groups (broad SMARTS) is 1. The zero-order valence-electron chi connectivity index (χ0n) is 29.0. The van der Waals surface area contributed by atoms with Gasteiger partial charge in [0.15, 0.2) is 0 Å². The molecule has 2 aromatic carbocycles. The highest BCUT2D eigenvalue weighted by molar-refractivity contribution is 7.17. The quantitative estimate of drug-likeness (QED) is 0.0788. The number of ether oxygens (including phenoxy) is 2. The van der Waals surface area contributed by atoms with E-state index in [0.717, 1.165) is 83.1 Å². The second-order valence-electron chi connectivity index (χ2n) is 13.0. The summed E-state index contributed by atoms with van der Waals surface area (Å²) >= 11 is 1.79. The van der Waals surface area contributed by atoms with Gasteiger partial charge in [-0.2, -0.15) is 0 Å². The summed E-state index contributed by atoms with van der Waals surface area (Å²) in [5.41, 5.74) is 1.36. The zero-order chi connectivity index (χ0) is 34.6. The maximum atomic E-state index is 13.4. The predicted molar refractivity (Wildman–Crippen MR) is 198 cm³/mol. The molecule has 0 bridgehead atoms. The number of thiophene rings is 1. The fourth-order valence-electron chi connectivity index (χ4n) is 6.94. The van der Waals surface area contributed by atoms with Crippen molar-refractivity contribution < 1.29 is 24.2 Å². The van der Waals surface area contributed by atoms with Gasteiger partial charge in [-0.25, -0.2) is 4.79 Å². The molecule has 49 heavy (non-hydrogen) atoms. The number of esters is 1. The molecule has 264 valence electrons. The van der Waals surface area contributed by atoms with Crippen LogP contribution in [0.25, 0.3) is 21.0 Å². The van der Waals surface area contributed by atoms with Crippen LogP contribution >= 0.6 is 11.3 Å². The Morgan fingerprint density at radius 1 is 0.898 bits per heavy atom. The molecule has 1 N–H and O–H groups in total. The van der Waals surface area contributed by atoms with E-state index in [2.05, 4.69) is 46.4 Å². The number of aliphatic carboxylic acids is 1. The van der Waals surface area contributed by atoms with E-state index < -0.39 is 29.5 Å². The van der Waals surface area contributed by atoms with Gasteiger partial charge in [0.25, 0.3) is 5.56 Å². The number of anilines is 1. The molecule has 10 heteroatoms. The number of nitrogens with zero attached hydrogens (tertiary/aromatic N) is 3. The standard InChI is InChI=1S/C39H51N3O6S/c1-3-5-6-7-8-9-13-32(38(44)45)37(39(46)47-4-2)42-34-28-30(18-16-29(34)17-19-36(42)43)48-26-11-10-21-40-22-24-41(25-23-40)33-14-12-15-35-31(33)20-27-49-35/h12,14-20,27-28,32,37H,3-11,13,21-26H2,1-2H3,(H,44,45). The van der Waals surface area contributed by atoms with E-state index in [9.17, 15) is 19.5 Å². The van der Waals surface area contributed by atoms with Gasteiger partial charge in [-0.15, -0.1) is 11.3 Å². The number of pyridine rings is 1. The molecule has 1 aliphatic heterocycles. The number of rotatable bonds is 19. The first kappa shape index (κ1) is 36.4. The Balaban J connectivity index is 1.19. The highest BCUT2D eigenvalue weighted by atomic mass is 32.1. The second kappa shape index (κ2) is 18.2. The van der Waals surface area contributed by atoms with Crippen molar-refractivity contribution in [3.63, 3.8) is 0 Å². The van der Waals surface area contributed by atoms with E-state index in [-0.39, 0.29) is 13.0 Å². The highest BCUT2D eigenvalue weighted by Crippen LogP contribution is 2.32. The van der Waals surface area contributed by atoms with Crippen molar-refractivity contribution in [2.24, 2.45) is 5.92 Å². The largest absolute Gasteiger partial charge is 0.494 e. The van der Waals surface area contributed by atoms with Gasteiger partial charge < -0.3 is 19.5 Å². The van der Waals surface area contributed by atoms with E-state index in [1.54, 1.807) is 30.4 Å². The summed E-state index contributed by atoms with van der Waals surface area (Å²) in [6.45, 7) is 9.53. The first-order chi connectivity index (χ1) is 23.9. The van der Waals surface area contributed by atoms with Crippen molar-refractivity contribution in [2.45, 2.75) is 77.7 Å². The van der Waals surface area contributed by atoms with Gasteiger partial charge >= 0.3 is 11.9 Å². The summed E-state index contributed by atoms with van der Waals surface area (Å²) in [5, 5.41) is 14.5. The Kier molecular flexibility index (Phi) is 13.5. The molecule has 1 fully saturated rings. The van der Waals surface area contributed by atoms with Crippen LogP contribution in [0.5, 0.6) is 5.75 Å². The van der Waals surface area contributed by atoms with Crippen LogP contribution in [0.4, 0.5) is 5.69 Å². The van der Waals surface area contributed by atoms with Crippen molar-refractivity contribution in [1.82, 2.24) is 9.47 Å². The van der Waals surface area contributed by atoms with Gasteiger partial charge in [0, 0.05) is 54.1 Å². The molecule has 0 radical (unpaired) electrons. The number of piperazine rings is 1. The molecule has 2 aromatic heterocycles. The topological polar surface area (TPSA) is 101 Å². The van der Waals surface area contributed by atoms with Crippen LogP contribution in [-0.2, 0) is 14.3 Å². The average molecular weight is 690 g/mol. The van der Waals surface area contributed by atoms with Crippen molar-refractivity contribution in [3.05, 3.63) is 70.3 Å². The van der Waals surface area contributed by atoms with E-state index in [4.69, 9.17) is 9.47 Å². The minimum atomic E-state index is -1.28. The summed E-state index contributed by atoms with van der Waals surface area (Å²) in [6, 6.07) is 16.1. The Bertz CT molecular complexity index is 1730. The molecule has 0 saturated carbocycles. The number of benzene rings is 2. The first-order valence-electron chi connectivity index (χ1n) is 18.0. The maximum Gasteiger partial charge on any atom is 0.330 e.